The van der Waals surface area contributed by atoms with Gasteiger partial charge < -0.3 is 9.84 Å². The third-order valence-corrected chi connectivity index (χ3v) is 7.50. The average Bonchev–Trinajstić information content (AvgIpc) is 2.85. The molecule has 0 bridgehead atoms. The number of halogens is 1. The van der Waals surface area contributed by atoms with E-state index in [9.17, 15) is 18.9 Å². The van der Waals surface area contributed by atoms with Crippen molar-refractivity contribution in [2.45, 2.75) is 44.9 Å². The lowest BCUT2D eigenvalue weighted by Crippen LogP contribution is -2.46. The first-order chi connectivity index (χ1) is 17.1. The first-order valence-electron chi connectivity index (χ1n) is 11.3. The van der Waals surface area contributed by atoms with Gasteiger partial charge in [-0.2, -0.15) is 0 Å². The fourth-order valence-corrected chi connectivity index (χ4v) is 4.73. The van der Waals surface area contributed by atoms with Crippen LogP contribution in [-0.2, 0) is 13.9 Å². The highest BCUT2D eigenvalue weighted by molar-refractivity contribution is 7.43. The van der Waals surface area contributed by atoms with E-state index < -0.39 is 31.1 Å². The molecule has 0 saturated heterocycles. The number of pyridine rings is 1. The number of benzene rings is 2. The van der Waals surface area contributed by atoms with Crippen LogP contribution in [0.25, 0.3) is 22.4 Å². The second kappa shape index (κ2) is 11.1. The van der Waals surface area contributed by atoms with E-state index in [1.165, 1.54) is 19.1 Å². The maximum atomic E-state index is 13.7. The number of carbonyl (C=O) groups excluding carboxylic acids is 1. The lowest BCUT2D eigenvalue weighted by Gasteiger charge is -2.22. The Morgan fingerprint density at radius 1 is 1.14 bits per heavy atom. The topological polar surface area (TPSA) is 85.7 Å². The van der Waals surface area contributed by atoms with Gasteiger partial charge in [0, 0.05) is 11.1 Å². The molecule has 1 heterocycles. The van der Waals surface area contributed by atoms with Gasteiger partial charge in [-0.05, 0) is 59.6 Å². The number of carbonyl (C=O) groups is 1. The number of aryl methyl sites for hydroxylation is 1. The Balaban J connectivity index is 2.31. The number of esters is 1. The summed E-state index contributed by atoms with van der Waals surface area (Å²) in [7, 11) is -1.69. The Morgan fingerprint density at radius 2 is 1.78 bits per heavy atom. The molecular weight excluding hydrogens is 480 g/mol. The molecule has 1 aromatic heterocycles. The molecule has 0 fully saturated rings. The lowest BCUT2D eigenvalue weighted by molar-refractivity contribution is -0.138. The highest BCUT2D eigenvalue weighted by Crippen LogP contribution is 2.45. The van der Waals surface area contributed by atoms with Crippen molar-refractivity contribution in [2.75, 3.05) is 7.11 Å². The zero-order valence-corrected chi connectivity index (χ0v) is 21.7. The van der Waals surface area contributed by atoms with Crippen molar-refractivity contribution in [3.63, 3.8) is 0 Å². The average molecular weight is 509 g/mol. The van der Waals surface area contributed by atoms with Gasteiger partial charge in [0.25, 0.3) is 0 Å². The summed E-state index contributed by atoms with van der Waals surface area (Å²) in [5, 5.41) is 8.12. The second-order valence-electron chi connectivity index (χ2n) is 8.66. The van der Waals surface area contributed by atoms with Crippen molar-refractivity contribution in [1.82, 2.24) is 4.98 Å². The smallest absolute Gasteiger partial charge is 0.419 e. The van der Waals surface area contributed by atoms with Crippen LogP contribution in [0.2, 0.25) is 0 Å². The lowest BCUT2D eigenvalue weighted by atomic mass is 9.96. The normalized spacial score (nSPS) is 14.0. The van der Waals surface area contributed by atoms with Crippen molar-refractivity contribution < 1.29 is 28.1 Å². The fraction of sp³-hybridized carbons (Fsp3) is 0.286. The summed E-state index contributed by atoms with van der Waals surface area (Å²) in [4.78, 5) is 18.3. The van der Waals surface area contributed by atoms with Crippen LogP contribution in [0.5, 0.6) is 5.75 Å². The quantitative estimate of drug-likeness (QED) is 0.227. The van der Waals surface area contributed by atoms with Gasteiger partial charge in [0.1, 0.15) is 11.9 Å². The molecule has 36 heavy (non-hydrogen) atoms. The van der Waals surface area contributed by atoms with Gasteiger partial charge in [-0.1, -0.05) is 50.2 Å². The van der Waals surface area contributed by atoms with E-state index in [0.29, 0.717) is 22.5 Å². The Kier molecular flexibility index (Phi) is 8.37. The van der Waals surface area contributed by atoms with Gasteiger partial charge in [-0.25, -0.2) is 14.2 Å². The highest BCUT2D eigenvalue weighted by Gasteiger charge is 2.63. The molecule has 0 spiro atoms. The van der Waals surface area contributed by atoms with Crippen LogP contribution in [0.3, 0.4) is 0 Å². The number of rotatable bonds is 8. The van der Waals surface area contributed by atoms with E-state index in [1.54, 1.807) is 18.2 Å². The monoisotopic (exact) mass is 508 g/mol. The molecule has 3 unspecified atom stereocenters. The fourth-order valence-electron chi connectivity index (χ4n) is 3.84. The van der Waals surface area contributed by atoms with Crippen molar-refractivity contribution in [1.29, 1.82) is 0 Å². The van der Waals surface area contributed by atoms with Crippen LogP contribution in [0.1, 0.15) is 37.9 Å². The number of hydrogen-bond acceptors (Lipinski definition) is 6. The van der Waals surface area contributed by atoms with E-state index in [2.05, 4.69) is 5.92 Å². The largest absolute Gasteiger partial charge is 0.542 e. The predicted octanol–water partition coefficient (Wildman–Crippen LogP) is 6.03. The van der Waals surface area contributed by atoms with Gasteiger partial charge in [-0.3, -0.25) is 0 Å². The summed E-state index contributed by atoms with van der Waals surface area (Å²) in [5.41, 5.74) is 3.98. The van der Waals surface area contributed by atoms with E-state index in [-0.39, 0.29) is 11.7 Å². The Hall–Kier alpha value is -3.43. The molecule has 2 aromatic carbocycles. The van der Waals surface area contributed by atoms with Gasteiger partial charge in [0.15, 0.2) is 5.75 Å². The maximum absolute atomic E-state index is 13.7. The van der Waals surface area contributed by atoms with Crippen molar-refractivity contribution in [3.8, 4) is 40.5 Å². The van der Waals surface area contributed by atoms with E-state index >= 15 is 0 Å². The molecule has 6 nitrogen and oxygen atoms in total. The maximum Gasteiger partial charge on any atom is 0.542 e. The third kappa shape index (κ3) is 5.08. The number of aromatic nitrogens is 1. The second-order valence-corrected chi connectivity index (χ2v) is 10.2. The summed E-state index contributed by atoms with van der Waals surface area (Å²) in [6.07, 6.45) is 4.06. The Bertz CT molecular complexity index is 1330. The predicted molar refractivity (Wildman–Crippen MR) is 137 cm³/mol. The number of aliphatic hydroxyl groups is 1. The molecule has 1 N–H and O–H groups in total. The minimum absolute atomic E-state index is 0.0821. The van der Waals surface area contributed by atoms with Crippen LogP contribution in [0, 0.1) is 25.1 Å². The van der Waals surface area contributed by atoms with Crippen molar-refractivity contribution in [2.24, 2.45) is 0 Å². The molecule has 0 saturated carbocycles. The highest BCUT2D eigenvalue weighted by atomic mass is 31.1. The van der Waals surface area contributed by atoms with Crippen LogP contribution in [-0.4, -0.2) is 34.4 Å². The molecule has 3 rings (SSSR count). The van der Waals surface area contributed by atoms with Gasteiger partial charge in [0.2, 0.25) is 0 Å². The number of nitrogens with zero attached hydrogens (tertiary/aromatic N) is 1. The van der Waals surface area contributed by atoms with Crippen LogP contribution < -0.4 is 4.74 Å². The van der Waals surface area contributed by atoms with E-state index in [4.69, 9.17) is 20.7 Å². The summed E-state index contributed by atoms with van der Waals surface area (Å²) >= 11 is 0. The van der Waals surface area contributed by atoms with Gasteiger partial charge >= 0.3 is 19.2 Å². The molecule has 3 aromatic rings. The molecule has 186 valence electrons. The van der Waals surface area contributed by atoms with Crippen LogP contribution in [0.4, 0.5) is 4.39 Å². The molecule has 3 atom stereocenters. The SMILES string of the molecule is C#CC(C(=O)Oc1c(-c2ccc(F)cc2)cc(-c2ccccc2C)nc1C(C)C)(C(C)O)[P+](=O)OC. The van der Waals surface area contributed by atoms with Crippen LogP contribution in [0.15, 0.2) is 54.6 Å². The molecule has 0 amide bonds. The molecule has 0 aliphatic heterocycles. The number of terminal acetylenes is 1. The number of aliphatic hydroxyl groups excluding tert-OH is 1. The molecule has 0 radical (unpaired) electrons. The minimum Gasteiger partial charge on any atom is -0.419 e. The van der Waals surface area contributed by atoms with E-state index in [1.807, 2.05) is 45.0 Å². The standard InChI is InChI=1S/C28H28FNO5P/c1-7-28(19(5)31,36(33)34-6)27(32)35-26-23(20-12-14-21(29)15-13-20)16-24(30-25(26)17(2)3)22-11-9-8-10-18(22)4/h1,8-17,19,31H,2-6H3/q+1. The van der Waals surface area contributed by atoms with Crippen LogP contribution >= 0.6 is 8.03 Å². The molecule has 8 heteroatoms. The van der Waals surface area contributed by atoms with E-state index in [0.717, 1.165) is 18.2 Å². The Labute approximate surface area is 211 Å². The molecule has 0 aliphatic rings. The summed E-state index contributed by atoms with van der Waals surface area (Å²) in [6, 6.07) is 15.2. The number of hydrogen-bond donors (Lipinski definition) is 1. The Morgan fingerprint density at radius 3 is 2.31 bits per heavy atom. The first-order valence-corrected chi connectivity index (χ1v) is 12.5. The minimum atomic E-state index is -2.82. The van der Waals surface area contributed by atoms with Gasteiger partial charge in [0.05, 0.1) is 18.5 Å². The number of ether oxygens (including phenoxy) is 1. The zero-order valence-electron chi connectivity index (χ0n) is 20.8. The van der Waals surface area contributed by atoms with Gasteiger partial charge in [-0.15, -0.1) is 10.9 Å². The summed E-state index contributed by atoms with van der Waals surface area (Å²) < 4.78 is 37.1. The van der Waals surface area contributed by atoms with Crippen molar-refractivity contribution >= 4 is 14.0 Å². The molecular formula is C28H28FNO5P+. The first kappa shape index (κ1) is 27.2. The summed E-state index contributed by atoms with van der Waals surface area (Å²) in [5.74, 6) is 0.479. The zero-order chi connectivity index (χ0) is 26.6. The summed E-state index contributed by atoms with van der Waals surface area (Å²) in [6.45, 7) is 6.98. The molecule has 0 aliphatic carbocycles. The van der Waals surface area contributed by atoms with Crippen molar-refractivity contribution in [3.05, 3.63) is 71.7 Å². The third-order valence-electron chi connectivity index (χ3n) is 5.91.